The van der Waals surface area contributed by atoms with Crippen molar-refractivity contribution in [3.63, 3.8) is 0 Å². The third-order valence-corrected chi connectivity index (χ3v) is 3.61. The normalized spacial score (nSPS) is 10.8. The monoisotopic (exact) mass is 295 g/mol. The first-order chi connectivity index (χ1) is 10.5. The van der Waals surface area contributed by atoms with Crippen LogP contribution in [0.15, 0.2) is 48.8 Å². The number of aromatic nitrogens is 2. The Kier molecular flexibility index (Phi) is 3.55. The minimum absolute atomic E-state index is 0.0502. The van der Waals surface area contributed by atoms with Crippen molar-refractivity contribution in [1.29, 1.82) is 0 Å². The first kappa shape index (κ1) is 14.1. The minimum atomic E-state index is -0.0502. The number of fused-ring (bicyclic) bond motifs is 1. The van der Waals surface area contributed by atoms with Gasteiger partial charge in [0.2, 0.25) is 5.91 Å². The number of phenols is 1. The van der Waals surface area contributed by atoms with Crippen LogP contribution in [0.4, 0.5) is 5.69 Å². The van der Waals surface area contributed by atoms with Crippen molar-refractivity contribution in [2.75, 3.05) is 11.9 Å². The van der Waals surface area contributed by atoms with E-state index >= 15 is 0 Å². The van der Waals surface area contributed by atoms with Crippen LogP contribution in [0.25, 0.3) is 5.65 Å². The number of phenolic OH excluding ortho intramolecular Hbond substituents is 1. The van der Waals surface area contributed by atoms with Gasteiger partial charge in [-0.05, 0) is 48.9 Å². The summed E-state index contributed by atoms with van der Waals surface area (Å²) in [4.78, 5) is 18.4. The third kappa shape index (κ3) is 2.79. The lowest BCUT2D eigenvalue weighted by molar-refractivity contribution is -0.117. The zero-order valence-electron chi connectivity index (χ0n) is 12.5. The maximum Gasteiger partial charge on any atom is 0.232 e. The Labute approximate surface area is 128 Å². The molecule has 22 heavy (non-hydrogen) atoms. The van der Waals surface area contributed by atoms with Crippen LogP contribution in [0, 0.1) is 6.92 Å². The molecule has 0 unspecified atom stereocenters. The molecule has 0 bridgehead atoms. The van der Waals surface area contributed by atoms with Crippen molar-refractivity contribution in [3.8, 4) is 5.75 Å². The highest BCUT2D eigenvalue weighted by Gasteiger charge is 2.14. The molecule has 0 aliphatic carbocycles. The van der Waals surface area contributed by atoms with Crippen LogP contribution in [0.3, 0.4) is 0 Å². The van der Waals surface area contributed by atoms with E-state index in [9.17, 15) is 9.90 Å². The topological polar surface area (TPSA) is 57.8 Å². The summed E-state index contributed by atoms with van der Waals surface area (Å²) in [5, 5.41) is 9.30. The molecule has 3 rings (SSSR count). The van der Waals surface area contributed by atoms with Gasteiger partial charge >= 0.3 is 0 Å². The van der Waals surface area contributed by atoms with E-state index in [2.05, 4.69) is 4.98 Å². The molecule has 0 saturated heterocycles. The van der Waals surface area contributed by atoms with E-state index in [0.29, 0.717) is 0 Å². The van der Waals surface area contributed by atoms with Crippen molar-refractivity contribution >= 4 is 17.2 Å². The van der Waals surface area contributed by atoms with Gasteiger partial charge in [0.25, 0.3) is 0 Å². The van der Waals surface area contributed by atoms with Gasteiger partial charge < -0.3 is 14.4 Å². The number of nitrogens with zero attached hydrogens (tertiary/aromatic N) is 3. The van der Waals surface area contributed by atoms with Crippen LogP contribution in [-0.2, 0) is 11.2 Å². The number of pyridine rings is 1. The van der Waals surface area contributed by atoms with E-state index < -0.39 is 0 Å². The van der Waals surface area contributed by atoms with Gasteiger partial charge in [-0.15, -0.1) is 0 Å². The van der Waals surface area contributed by atoms with Gasteiger partial charge in [0, 0.05) is 25.1 Å². The fourth-order valence-electron chi connectivity index (χ4n) is 2.32. The molecule has 0 fully saturated rings. The standard InChI is InChI=1S/C17H17N3O2/c1-12-7-8-20-11-13(18-16(20)9-12)10-17(22)19(2)14-3-5-15(21)6-4-14/h3-9,11,21H,10H2,1-2H3. The van der Waals surface area contributed by atoms with Gasteiger partial charge in [0.1, 0.15) is 11.4 Å². The first-order valence-electron chi connectivity index (χ1n) is 7.03. The van der Waals surface area contributed by atoms with Gasteiger partial charge in [0.15, 0.2) is 0 Å². The van der Waals surface area contributed by atoms with E-state index in [-0.39, 0.29) is 18.1 Å². The van der Waals surface area contributed by atoms with Gasteiger partial charge in [-0.25, -0.2) is 4.98 Å². The Hall–Kier alpha value is -2.82. The Bertz CT molecular complexity index is 822. The lowest BCUT2D eigenvalue weighted by Gasteiger charge is -2.16. The van der Waals surface area contributed by atoms with Crippen molar-refractivity contribution in [3.05, 3.63) is 60.0 Å². The summed E-state index contributed by atoms with van der Waals surface area (Å²) in [7, 11) is 1.72. The number of rotatable bonds is 3. The van der Waals surface area contributed by atoms with Gasteiger partial charge in [-0.3, -0.25) is 4.79 Å². The summed E-state index contributed by atoms with van der Waals surface area (Å²) in [6.07, 6.45) is 4.05. The fourth-order valence-corrected chi connectivity index (χ4v) is 2.32. The highest BCUT2D eigenvalue weighted by atomic mass is 16.3. The molecule has 0 aliphatic rings. The molecule has 5 heteroatoms. The number of benzene rings is 1. The molecule has 2 heterocycles. The SMILES string of the molecule is Cc1ccn2cc(CC(=O)N(C)c3ccc(O)cc3)nc2c1. The largest absolute Gasteiger partial charge is 0.508 e. The molecular formula is C17H17N3O2. The molecule has 0 spiro atoms. The second-order valence-corrected chi connectivity index (χ2v) is 5.35. The molecule has 112 valence electrons. The summed E-state index contributed by atoms with van der Waals surface area (Å²) in [6, 6.07) is 10.5. The highest BCUT2D eigenvalue weighted by molar-refractivity contribution is 5.94. The molecular weight excluding hydrogens is 278 g/mol. The lowest BCUT2D eigenvalue weighted by Crippen LogP contribution is -2.27. The maximum absolute atomic E-state index is 12.4. The second kappa shape index (κ2) is 5.52. The van der Waals surface area contributed by atoms with E-state index in [4.69, 9.17) is 0 Å². The van der Waals surface area contributed by atoms with Crippen LogP contribution >= 0.6 is 0 Å². The number of aryl methyl sites for hydroxylation is 1. The number of amides is 1. The summed E-state index contributed by atoms with van der Waals surface area (Å²) >= 11 is 0. The number of aromatic hydroxyl groups is 1. The van der Waals surface area contributed by atoms with Crippen molar-refractivity contribution < 1.29 is 9.90 Å². The van der Waals surface area contributed by atoms with Crippen LogP contribution in [0.2, 0.25) is 0 Å². The second-order valence-electron chi connectivity index (χ2n) is 5.35. The third-order valence-electron chi connectivity index (χ3n) is 3.61. The smallest absolute Gasteiger partial charge is 0.232 e. The molecule has 2 aromatic heterocycles. The highest BCUT2D eigenvalue weighted by Crippen LogP contribution is 2.18. The molecule has 0 aliphatic heterocycles. The van der Waals surface area contributed by atoms with Gasteiger partial charge in [0.05, 0.1) is 12.1 Å². The molecule has 1 aromatic carbocycles. The predicted molar refractivity (Wildman–Crippen MR) is 85.1 cm³/mol. The Balaban J connectivity index is 1.78. The number of imidazole rings is 1. The van der Waals surface area contributed by atoms with Crippen LogP contribution < -0.4 is 4.90 Å². The van der Waals surface area contributed by atoms with Crippen molar-refractivity contribution in [2.45, 2.75) is 13.3 Å². The molecule has 1 amide bonds. The number of anilines is 1. The summed E-state index contributed by atoms with van der Waals surface area (Å²) < 4.78 is 1.91. The Morgan fingerprint density at radius 2 is 2.00 bits per heavy atom. The predicted octanol–water partition coefficient (Wildman–Crippen LogP) is 2.55. The number of likely N-dealkylation sites (N-methyl/N-ethyl adjacent to an activating group) is 1. The van der Waals surface area contributed by atoms with Gasteiger partial charge in [-0.1, -0.05) is 0 Å². The maximum atomic E-state index is 12.4. The summed E-state index contributed by atoms with van der Waals surface area (Å²) in [6.45, 7) is 2.01. The van der Waals surface area contributed by atoms with E-state index in [0.717, 1.165) is 22.6 Å². The molecule has 3 aromatic rings. The van der Waals surface area contributed by atoms with Crippen molar-refractivity contribution in [1.82, 2.24) is 9.38 Å². The Morgan fingerprint density at radius 3 is 2.73 bits per heavy atom. The van der Waals surface area contributed by atoms with Crippen LogP contribution in [-0.4, -0.2) is 27.4 Å². The van der Waals surface area contributed by atoms with Crippen molar-refractivity contribution in [2.24, 2.45) is 0 Å². The first-order valence-corrected chi connectivity index (χ1v) is 7.03. The summed E-state index contributed by atoms with van der Waals surface area (Å²) in [5.74, 6) is 0.131. The number of carbonyl (C=O) groups excluding carboxylic acids is 1. The molecule has 0 radical (unpaired) electrons. The summed E-state index contributed by atoms with van der Waals surface area (Å²) in [5.41, 5.74) is 3.45. The van der Waals surface area contributed by atoms with Gasteiger partial charge in [-0.2, -0.15) is 0 Å². The fraction of sp³-hybridized carbons (Fsp3) is 0.176. The van der Waals surface area contributed by atoms with E-state index in [1.54, 1.807) is 36.2 Å². The molecule has 1 N–H and O–H groups in total. The lowest BCUT2D eigenvalue weighted by atomic mass is 10.2. The minimum Gasteiger partial charge on any atom is -0.508 e. The zero-order chi connectivity index (χ0) is 15.7. The molecule has 0 atom stereocenters. The Morgan fingerprint density at radius 1 is 1.27 bits per heavy atom. The average molecular weight is 295 g/mol. The quantitative estimate of drug-likeness (QED) is 0.808. The molecule has 0 saturated carbocycles. The van der Waals surface area contributed by atoms with Crippen LogP contribution in [0.1, 0.15) is 11.3 Å². The number of carbonyl (C=O) groups is 1. The molecule has 5 nitrogen and oxygen atoms in total. The van der Waals surface area contributed by atoms with E-state index in [1.165, 1.54) is 0 Å². The number of hydrogen-bond acceptors (Lipinski definition) is 3. The van der Waals surface area contributed by atoms with Crippen LogP contribution in [0.5, 0.6) is 5.75 Å². The van der Waals surface area contributed by atoms with E-state index in [1.807, 2.05) is 35.9 Å². The average Bonchev–Trinajstić information content (AvgIpc) is 2.88. The number of hydrogen-bond donors (Lipinski definition) is 1. The zero-order valence-corrected chi connectivity index (χ0v) is 12.5.